The number of benzene rings is 1. The molecule has 2 fully saturated rings. The van der Waals surface area contributed by atoms with Crippen molar-refractivity contribution in [3.63, 3.8) is 0 Å². The molecule has 0 spiro atoms. The predicted octanol–water partition coefficient (Wildman–Crippen LogP) is 3.25. The fraction of sp³-hybridized carbons (Fsp3) is 0.500. The minimum atomic E-state index is 0.746. The van der Waals surface area contributed by atoms with Crippen molar-refractivity contribution in [2.45, 2.75) is 25.7 Å². The lowest BCUT2D eigenvalue weighted by Gasteiger charge is -2.10. The van der Waals surface area contributed by atoms with Gasteiger partial charge in [0.25, 0.3) is 0 Å². The van der Waals surface area contributed by atoms with Gasteiger partial charge in [-0.3, -0.25) is 0 Å². The van der Waals surface area contributed by atoms with Gasteiger partial charge in [-0.05, 0) is 49.7 Å². The summed E-state index contributed by atoms with van der Waals surface area (Å²) in [5.41, 5.74) is 0.828. The lowest BCUT2D eigenvalue weighted by molar-refractivity contribution is 0.284. The SMILES string of the molecule is C#Cc1cc(OCC2CC2)cc(OCC2CC2)c1. The molecule has 3 rings (SSSR count). The monoisotopic (exact) mass is 242 g/mol. The van der Waals surface area contributed by atoms with E-state index in [1.54, 1.807) is 0 Å². The summed E-state index contributed by atoms with van der Waals surface area (Å²) in [5, 5.41) is 0. The molecule has 0 aromatic heterocycles. The molecule has 0 atom stereocenters. The van der Waals surface area contributed by atoms with Gasteiger partial charge in [-0.2, -0.15) is 0 Å². The first-order chi connectivity index (χ1) is 8.83. The summed E-state index contributed by atoms with van der Waals surface area (Å²) < 4.78 is 11.5. The first-order valence-corrected chi connectivity index (χ1v) is 6.71. The zero-order valence-corrected chi connectivity index (χ0v) is 10.5. The van der Waals surface area contributed by atoms with Gasteiger partial charge in [0.05, 0.1) is 13.2 Å². The van der Waals surface area contributed by atoms with Crippen LogP contribution in [0.15, 0.2) is 18.2 Å². The van der Waals surface area contributed by atoms with E-state index in [0.717, 1.165) is 42.1 Å². The highest BCUT2D eigenvalue weighted by Crippen LogP contribution is 2.32. The second kappa shape index (κ2) is 4.94. The summed E-state index contributed by atoms with van der Waals surface area (Å²) in [6.07, 6.45) is 10.6. The van der Waals surface area contributed by atoms with Crippen LogP contribution in [-0.4, -0.2) is 13.2 Å². The van der Waals surface area contributed by atoms with Gasteiger partial charge in [0.15, 0.2) is 0 Å². The van der Waals surface area contributed by atoms with Crippen molar-refractivity contribution in [3.05, 3.63) is 23.8 Å². The van der Waals surface area contributed by atoms with Gasteiger partial charge in [-0.15, -0.1) is 6.42 Å². The van der Waals surface area contributed by atoms with E-state index in [0.29, 0.717) is 0 Å². The summed E-state index contributed by atoms with van der Waals surface area (Å²) in [5.74, 6) is 5.82. The highest BCUT2D eigenvalue weighted by atomic mass is 16.5. The van der Waals surface area contributed by atoms with Crippen LogP contribution < -0.4 is 9.47 Å². The second-order valence-electron chi connectivity index (χ2n) is 5.35. The van der Waals surface area contributed by atoms with Crippen LogP contribution in [-0.2, 0) is 0 Å². The summed E-state index contributed by atoms with van der Waals surface area (Å²) >= 11 is 0. The summed E-state index contributed by atoms with van der Waals surface area (Å²) in [6, 6.07) is 5.77. The van der Waals surface area contributed by atoms with E-state index in [1.165, 1.54) is 25.7 Å². The molecule has 2 aliphatic carbocycles. The van der Waals surface area contributed by atoms with Crippen molar-refractivity contribution in [1.82, 2.24) is 0 Å². The molecule has 0 amide bonds. The highest BCUT2D eigenvalue weighted by molar-refractivity contribution is 5.45. The van der Waals surface area contributed by atoms with Gasteiger partial charge >= 0.3 is 0 Å². The Balaban J connectivity index is 1.66. The van der Waals surface area contributed by atoms with E-state index in [2.05, 4.69) is 5.92 Å². The first kappa shape index (κ1) is 11.5. The van der Waals surface area contributed by atoms with Crippen molar-refractivity contribution in [2.75, 3.05) is 13.2 Å². The molecule has 94 valence electrons. The Hall–Kier alpha value is -1.62. The maximum absolute atomic E-state index is 5.76. The Morgan fingerprint density at radius 1 is 0.944 bits per heavy atom. The lowest BCUT2D eigenvalue weighted by Crippen LogP contribution is -2.02. The van der Waals surface area contributed by atoms with Crippen LogP contribution in [0.3, 0.4) is 0 Å². The Kier molecular flexibility index (Phi) is 3.15. The lowest BCUT2D eigenvalue weighted by atomic mass is 10.2. The van der Waals surface area contributed by atoms with Gasteiger partial charge in [0.2, 0.25) is 0 Å². The zero-order chi connectivity index (χ0) is 12.4. The summed E-state index contributed by atoms with van der Waals surface area (Å²) in [6.45, 7) is 1.60. The summed E-state index contributed by atoms with van der Waals surface area (Å²) in [4.78, 5) is 0. The van der Waals surface area contributed by atoms with Crippen molar-refractivity contribution in [1.29, 1.82) is 0 Å². The predicted molar refractivity (Wildman–Crippen MR) is 70.8 cm³/mol. The van der Waals surface area contributed by atoms with E-state index >= 15 is 0 Å². The van der Waals surface area contributed by atoms with Gasteiger partial charge < -0.3 is 9.47 Å². The minimum Gasteiger partial charge on any atom is -0.493 e. The Morgan fingerprint density at radius 2 is 1.44 bits per heavy atom. The van der Waals surface area contributed by atoms with Gasteiger partial charge in [-0.25, -0.2) is 0 Å². The molecule has 0 saturated heterocycles. The highest BCUT2D eigenvalue weighted by Gasteiger charge is 2.23. The zero-order valence-electron chi connectivity index (χ0n) is 10.5. The molecule has 1 aromatic carbocycles. The number of hydrogen-bond acceptors (Lipinski definition) is 2. The maximum Gasteiger partial charge on any atom is 0.124 e. The van der Waals surface area contributed by atoms with Gasteiger partial charge in [-0.1, -0.05) is 5.92 Å². The second-order valence-corrected chi connectivity index (χ2v) is 5.35. The molecule has 0 unspecified atom stereocenters. The Labute approximate surface area is 108 Å². The van der Waals surface area contributed by atoms with Crippen LogP contribution in [0.2, 0.25) is 0 Å². The molecule has 18 heavy (non-hydrogen) atoms. The maximum atomic E-state index is 5.76. The smallest absolute Gasteiger partial charge is 0.124 e. The van der Waals surface area contributed by atoms with Crippen molar-refractivity contribution >= 4 is 0 Å². The quantitative estimate of drug-likeness (QED) is 0.713. The Morgan fingerprint density at radius 3 is 1.83 bits per heavy atom. The fourth-order valence-electron chi connectivity index (χ4n) is 1.82. The largest absolute Gasteiger partial charge is 0.493 e. The molecule has 2 nitrogen and oxygen atoms in total. The number of hydrogen-bond donors (Lipinski definition) is 0. The van der Waals surface area contributed by atoms with E-state index < -0.39 is 0 Å². The van der Waals surface area contributed by atoms with E-state index in [9.17, 15) is 0 Å². The third kappa shape index (κ3) is 3.20. The van der Waals surface area contributed by atoms with Crippen LogP contribution in [0.4, 0.5) is 0 Å². The van der Waals surface area contributed by atoms with Crippen molar-refractivity contribution < 1.29 is 9.47 Å². The van der Waals surface area contributed by atoms with Crippen LogP contribution in [0.5, 0.6) is 11.5 Å². The molecule has 1 aromatic rings. The fourth-order valence-corrected chi connectivity index (χ4v) is 1.82. The molecule has 2 heteroatoms. The van der Waals surface area contributed by atoms with Crippen LogP contribution in [0.1, 0.15) is 31.2 Å². The normalized spacial score (nSPS) is 18.2. The third-order valence-corrected chi connectivity index (χ3v) is 3.41. The average Bonchev–Trinajstić information content (AvgIpc) is 3.28. The topological polar surface area (TPSA) is 18.5 Å². The van der Waals surface area contributed by atoms with Crippen molar-refractivity contribution in [3.8, 4) is 23.8 Å². The molecule has 0 radical (unpaired) electrons. The Bertz CT molecular complexity index is 430. The molecular formula is C16H18O2. The van der Waals surface area contributed by atoms with Crippen LogP contribution in [0.25, 0.3) is 0 Å². The summed E-state index contributed by atoms with van der Waals surface area (Å²) in [7, 11) is 0. The number of terminal acetylenes is 1. The number of rotatable bonds is 6. The van der Waals surface area contributed by atoms with Crippen LogP contribution in [0, 0.1) is 24.2 Å². The van der Waals surface area contributed by atoms with E-state index in [1.807, 2.05) is 18.2 Å². The molecular weight excluding hydrogens is 224 g/mol. The van der Waals surface area contributed by atoms with Gasteiger partial charge in [0.1, 0.15) is 11.5 Å². The minimum absolute atomic E-state index is 0.746. The molecule has 0 aliphatic heterocycles. The van der Waals surface area contributed by atoms with Gasteiger partial charge in [0, 0.05) is 11.6 Å². The van der Waals surface area contributed by atoms with Crippen molar-refractivity contribution in [2.24, 2.45) is 11.8 Å². The molecule has 2 saturated carbocycles. The molecule has 0 N–H and O–H groups in total. The third-order valence-electron chi connectivity index (χ3n) is 3.41. The van der Waals surface area contributed by atoms with E-state index in [4.69, 9.17) is 15.9 Å². The molecule has 0 heterocycles. The number of ether oxygens (including phenoxy) is 2. The first-order valence-electron chi connectivity index (χ1n) is 6.71. The van der Waals surface area contributed by atoms with Crippen LogP contribution >= 0.6 is 0 Å². The average molecular weight is 242 g/mol. The molecule has 2 aliphatic rings. The van der Waals surface area contributed by atoms with E-state index in [-0.39, 0.29) is 0 Å². The molecule has 0 bridgehead atoms. The standard InChI is InChI=1S/C16H18O2/c1-2-12-7-15(17-10-13-3-4-13)9-16(8-12)18-11-14-5-6-14/h1,7-9,13-14H,3-6,10-11H2.